The molecule has 0 heterocycles. The zero-order valence-electron chi connectivity index (χ0n) is 10.7. The van der Waals surface area contributed by atoms with Crippen molar-refractivity contribution in [2.45, 2.75) is 6.92 Å². The van der Waals surface area contributed by atoms with Crippen molar-refractivity contribution in [3.05, 3.63) is 69.4 Å². The van der Waals surface area contributed by atoms with Gasteiger partial charge in [0.15, 0.2) is 0 Å². The smallest absolute Gasteiger partial charge is 0.267 e. The maximum Gasteiger partial charge on any atom is 0.271 e. The van der Waals surface area contributed by atoms with Gasteiger partial charge in [-0.1, -0.05) is 28.1 Å². The second kappa shape index (κ2) is 6.43. The number of rotatable bonds is 3. The van der Waals surface area contributed by atoms with Gasteiger partial charge in [-0.05, 0) is 48.4 Å². The number of aryl methyl sites for hydroxylation is 1. The van der Waals surface area contributed by atoms with Crippen LogP contribution in [0.25, 0.3) is 0 Å². The minimum atomic E-state index is -0.382. The molecular formula is C15H12BrFN2O. The van der Waals surface area contributed by atoms with E-state index in [1.807, 2.05) is 25.1 Å². The van der Waals surface area contributed by atoms with Crippen LogP contribution in [0.3, 0.4) is 0 Å². The van der Waals surface area contributed by atoms with E-state index in [9.17, 15) is 9.18 Å². The lowest BCUT2D eigenvalue weighted by Crippen LogP contribution is -2.17. The van der Waals surface area contributed by atoms with E-state index in [0.29, 0.717) is 5.56 Å². The number of nitrogens with zero attached hydrogens (tertiary/aromatic N) is 1. The molecule has 0 saturated heterocycles. The number of halogens is 2. The fraction of sp³-hybridized carbons (Fsp3) is 0.0667. The summed E-state index contributed by atoms with van der Waals surface area (Å²) in [7, 11) is 0. The van der Waals surface area contributed by atoms with Crippen LogP contribution in [0.15, 0.2) is 52.0 Å². The standard InChI is InChI=1S/C15H12BrFN2O/c1-10-2-3-11(8-14(10)16)9-18-19-15(20)12-4-6-13(17)7-5-12/h2-9H,1H3,(H,19,20)/b18-9-. The number of carbonyl (C=O) groups is 1. The molecule has 2 rings (SSSR count). The summed E-state index contributed by atoms with van der Waals surface area (Å²) in [6, 6.07) is 11.0. The lowest BCUT2D eigenvalue weighted by atomic mass is 10.2. The average molecular weight is 335 g/mol. The van der Waals surface area contributed by atoms with Gasteiger partial charge in [0.25, 0.3) is 5.91 Å². The summed E-state index contributed by atoms with van der Waals surface area (Å²) in [5.41, 5.74) is 4.73. The van der Waals surface area contributed by atoms with Crippen LogP contribution in [-0.4, -0.2) is 12.1 Å². The number of nitrogens with one attached hydrogen (secondary N) is 1. The number of benzene rings is 2. The summed E-state index contributed by atoms with van der Waals surface area (Å²) < 4.78 is 13.7. The Morgan fingerprint density at radius 3 is 2.60 bits per heavy atom. The Morgan fingerprint density at radius 2 is 1.95 bits per heavy atom. The van der Waals surface area contributed by atoms with E-state index < -0.39 is 0 Å². The van der Waals surface area contributed by atoms with Crippen LogP contribution in [0.5, 0.6) is 0 Å². The molecule has 0 bridgehead atoms. The zero-order valence-corrected chi connectivity index (χ0v) is 12.3. The van der Waals surface area contributed by atoms with Crippen LogP contribution in [0.2, 0.25) is 0 Å². The molecule has 0 saturated carbocycles. The molecule has 5 heteroatoms. The predicted molar refractivity (Wildman–Crippen MR) is 80.3 cm³/mol. The predicted octanol–water partition coefficient (Wildman–Crippen LogP) is 3.66. The lowest BCUT2D eigenvalue weighted by Gasteiger charge is -2.01. The minimum Gasteiger partial charge on any atom is -0.267 e. The molecule has 102 valence electrons. The highest BCUT2D eigenvalue weighted by molar-refractivity contribution is 9.10. The quantitative estimate of drug-likeness (QED) is 0.675. The third-order valence-electron chi connectivity index (χ3n) is 2.68. The topological polar surface area (TPSA) is 41.5 Å². The fourth-order valence-electron chi connectivity index (χ4n) is 1.52. The van der Waals surface area contributed by atoms with E-state index in [0.717, 1.165) is 15.6 Å². The number of hydrogen-bond donors (Lipinski definition) is 1. The Morgan fingerprint density at radius 1 is 1.25 bits per heavy atom. The highest BCUT2D eigenvalue weighted by atomic mass is 79.9. The Bertz CT molecular complexity index is 653. The molecule has 0 aliphatic carbocycles. The third kappa shape index (κ3) is 3.74. The van der Waals surface area contributed by atoms with Crippen molar-refractivity contribution in [3.63, 3.8) is 0 Å². The van der Waals surface area contributed by atoms with Crippen molar-refractivity contribution in [1.82, 2.24) is 5.43 Å². The third-order valence-corrected chi connectivity index (χ3v) is 3.54. The van der Waals surface area contributed by atoms with Crippen molar-refractivity contribution >= 4 is 28.1 Å². The van der Waals surface area contributed by atoms with Crippen LogP contribution in [-0.2, 0) is 0 Å². The number of amides is 1. The average Bonchev–Trinajstić information content (AvgIpc) is 2.43. The van der Waals surface area contributed by atoms with Gasteiger partial charge in [0, 0.05) is 10.0 Å². The summed E-state index contributed by atoms with van der Waals surface area (Å²) in [4.78, 5) is 11.7. The van der Waals surface area contributed by atoms with Crippen LogP contribution in [0, 0.1) is 12.7 Å². The normalized spacial score (nSPS) is 10.8. The minimum absolute atomic E-state index is 0.355. The molecule has 20 heavy (non-hydrogen) atoms. The van der Waals surface area contributed by atoms with Crippen LogP contribution < -0.4 is 5.43 Å². The van der Waals surface area contributed by atoms with Crippen molar-refractivity contribution in [2.75, 3.05) is 0 Å². The van der Waals surface area contributed by atoms with Gasteiger partial charge in [-0.2, -0.15) is 5.10 Å². The molecule has 3 nitrogen and oxygen atoms in total. The van der Waals surface area contributed by atoms with Gasteiger partial charge >= 0.3 is 0 Å². The molecule has 0 radical (unpaired) electrons. The van der Waals surface area contributed by atoms with Crippen molar-refractivity contribution < 1.29 is 9.18 Å². The maximum atomic E-state index is 12.7. The van der Waals surface area contributed by atoms with Crippen LogP contribution >= 0.6 is 15.9 Å². The van der Waals surface area contributed by atoms with Gasteiger partial charge in [-0.15, -0.1) is 0 Å². The molecule has 0 spiro atoms. The van der Waals surface area contributed by atoms with E-state index in [2.05, 4.69) is 26.5 Å². The Kier molecular flexibility index (Phi) is 4.63. The Hall–Kier alpha value is -2.01. The van der Waals surface area contributed by atoms with Crippen molar-refractivity contribution in [1.29, 1.82) is 0 Å². The van der Waals surface area contributed by atoms with Gasteiger partial charge in [-0.25, -0.2) is 9.82 Å². The van der Waals surface area contributed by atoms with Crippen molar-refractivity contribution in [2.24, 2.45) is 5.10 Å². The molecular weight excluding hydrogens is 323 g/mol. The summed E-state index contributed by atoms with van der Waals surface area (Å²) in [6.45, 7) is 1.99. The maximum absolute atomic E-state index is 12.7. The first-order chi connectivity index (χ1) is 9.56. The molecule has 1 N–H and O–H groups in total. The first-order valence-corrected chi connectivity index (χ1v) is 6.70. The zero-order chi connectivity index (χ0) is 14.5. The van der Waals surface area contributed by atoms with Crippen LogP contribution in [0.4, 0.5) is 4.39 Å². The molecule has 0 unspecified atom stereocenters. The second-order valence-electron chi connectivity index (χ2n) is 4.21. The Labute approximate surface area is 124 Å². The summed E-state index contributed by atoms with van der Waals surface area (Å²) in [5.74, 6) is -0.762. The molecule has 0 aromatic heterocycles. The van der Waals surface area contributed by atoms with Crippen LogP contribution in [0.1, 0.15) is 21.5 Å². The van der Waals surface area contributed by atoms with Gasteiger partial charge in [-0.3, -0.25) is 4.79 Å². The highest BCUT2D eigenvalue weighted by Crippen LogP contribution is 2.16. The molecule has 2 aromatic carbocycles. The first-order valence-electron chi connectivity index (χ1n) is 5.91. The van der Waals surface area contributed by atoms with Gasteiger partial charge < -0.3 is 0 Å². The summed E-state index contributed by atoms with van der Waals surface area (Å²) in [5, 5.41) is 3.87. The molecule has 0 aliphatic rings. The largest absolute Gasteiger partial charge is 0.271 e. The van der Waals surface area contributed by atoms with Gasteiger partial charge in [0.05, 0.1) is 6.21 Å². The van der Waals surface area contributed by atoms with E-state index in [1.165, 1.54) is 24.3 Å². The number of hydrazone groups is 1. The molecule has 0 fully saturated rings. The second-order valence-corrected chi connectivity index (χ2v) is 5.07. The monoisotopic (exact) mass is 334 g/mol. The molecule has 2 aromatic rings. The Balaban J connectivity index is 2.00. The molecule has 1 amide bonds. The highest BCUT2D eigenvalue weighted by Gasteiger charge is 2.03. The van der Waals surface area contributed by atoms with Gasteiger partial charge in [0.1, 0.15) is 5.82 Å². The molecule has 0 atom stereocenters. The van der Waals surface area contributed by atoms with E-state index in [1.54, 1.807) is 6.21 Å². The SMILES string of the molecule is Cc1ccc(/C=N\NC(=O)c2ccc(F)cc2)cc1Br. The van der Waals surface area contributed by atoms with E-state index >= 15 is 0 Å². The van der Waals surface area contributed by atoms with Gasteiger partial charge in [0.2, 0.25) is 0 Å². The first kappa shape index (κ1) is 14.4. The van der Waals surface area contributed by atoms with E-state index in [4.69, 9.17) is 0 Å². The van der Waals surface area contributed by atoms with E-state index in [-0.39, 0.29) is 11.7 Å². The number of hydrogen-bond acceptors (Lipinski definition) is 2. The lowest BCUT2D eigenvalue weighted by molar-refractivity contribution is 0.0955. The van der Waals surface area contributed by atoms with Crippen molar-refractivity contribution in [3.8, 4) is 0 Å². The summed E-state index contributed by atoms with van der Waals surface area (Å²) in [6.07, 6.45) is 1.55. The summed E-state index contributed by atoms with van der Waals surface area (Å²) >= 11 is 3.43. The fourth-order valence-corrected chi connectivity index (χ4v) is 1.92. The number of carbonyl (C=O) groups excluding carboxylic acids is 1. The molecule has 0 aliphatic heterocycles.